The summed E-state index contributed by atoms with van der Waals surface area (Å²) in [5.74, 6) is 1.21. The minimum absolute atomic E-state index is 0. The van der Waals surface area contributed by atoms with Gasteiger partial charge in [-0.2, -0.15) is 5.26 Å². The molecule has 0 saturated heterocycles. The van der Waals surface area contributed by atoms with Gasteiger partial charge < -0.3 is 24.6 Å². The van der Waals surface area contributed by atoms with Crippen LogP contribution in [0.4, 0.5) is 0 Å². The highest BCUT2D eigenvalue weighted by Crippen LogP contribution is 2.41. The van der Waals surface area contributed by atoms with E-state index < -0.39 is 0 Å². The van der Waals surface area contributed by atoms with Crippen LogP contribution >= 0.6 is 0 Å². The third-order valence-electron chi connectivity index (χ3n) is 5.64. The maximum absolute atomic E-state index is 9.79. The van der Waals surface area contributed by atoms with Crippen molar-refractivity contribution >= 4 is 24.6 Å². The first-order valence-corrected chi connectivity index (χ1v) is 10.6. The molecule has 3 aromatic heterocycles. The molecule has 3 aromatic rings. The fraction of sp³-hybridized carbons (Fsp3) is 0.417. The van der Waals surface area contributed by atoms with Crippen LogP contribution in [0.1, 0.15) is 57.6 Å². The van der Waals surface area contributed by atoms with Crippen molar-refractivity contribution in [2.45, 2.75) is 57.5 Å². The standard InChI is InChI=1S/C18H17N5O.C4H9N.2CH2O.H2/c1-11-8-20-17(21-9-11)16-15(7-19)14-6-13(24-2)10-22-18(14)23(16)12-4-3-5-12;1-4(5)2-3-4;2*1-2;/h6,8-10,12H,3-5H2,1-2H3;2-3,5H2,1H3;2*1H2;1H. The van der Waals surface area contributed by atoms with Crippen LogP contribution in [0.25, 0.3) is 22.6 Å². The lowest BCUT2D eigenvalue weighted by Crippen LogP contribution is -2.18. The molecule has 0 amide bonds. The van der Waals surface area contributed by atoms with Crippen molar-refractivity contribution in [3.63, 3.8) is 0 Å². The van der Waals surface area contributed by atoms with Gasteiger partial charge in [-0.05, 0) is 57.6 Å². The van der Waals surface area contributed by atoms with E-state index in [4.69, 9.17) is 20.1 Å². The molecule has 0 radical (unpaired) electrons. The molecule has 2 saturated carbocycles. The van der Waals surface area contributed by atoms with E-state index in [-0.39, 0.29) is 6.97 Å². The van der Waals surface area contributed by atoms with Gasteiger partial charge in [-0.15, -0.1) is 0 Å². The predicted molar refractivity (Wildman–Crippen MR) is 128 cm³/mol. The van der Waals surface area contributed by atoms with E-state index in [1.807, 2.05) is 26.6 Å². The van der Waals surface area contributed by atoms with Crippen molar-refractivity contribution in [1.82, 2.24) is 19.5 Å². The normalized spacial score (nSPS) is 15.2. The van der Waals surface area contributed by atoms with E-state index in [2.05, 4.69) is 32.5 Å². The van der Waals surface area contributed by atoms with Crippen LogP contribution in [0.3, 0.4) is 0 Å². The monoisotopic (exact) mass is 452 g/mol. The summed E-state index contributed by atoms with van der Waals surface area (Å²) in [4.78, 5) is 29.5. The summed E-state index contributed by atoms with van der Waals surface area (Å²) in [7, 11) is 1.60. The van der Waals surface area contributed by atoms with Crippen LogP contribution in [0.5, 0.6) is 5.75 Å². The first kappa shape index (κ1) is 25.6. The van der Waals surface area contributed by atoms with Crippen molar-refractivity contribution in [2.75, 3.05) is 7.11 Å². The third kappa shape index (κ3) is 5.79. The van der Waals surface area contributed by atoms with Gasteiger partial charge in [-0.3, -0.25) is 0 Å². The molecule has 0 aliphatic heterocycles. The smallest absolute Gasteiger partial charge is 0.177 e. The zero-order valence-corrected chi connectivity index (χ0v) is 19.4. The van der Waals surface area contributed by atoms with E-state index >= 15 is 0 Å². The Hall–Kier alpha value is -3.64. The zero-order valence-electron chi connectivity index (χ0n) is 19.4. The Balaban J connectivity index is 0.000000499. The SMILES string of the molecule is C=O.C=O.CC1(N)CC1.COc1cnc2c(c1)c(C#N)c(-c1ncc(C)cn1)n2C1CCC1.[HH]. The Bertz CT molecular complexity index is 1110. The average molecular weight is 453 g/mol. The van der Waals surface area contributed by atoms with E-state index in [0.29, 0.717) is 23.2 Å². The number of carbonyl (C=O) groups is 2. The van der Waals surface area contributed by atoms with Crippen molar-refractivity contribution in [3.05, 3.63) is 35.8 Å². The summed E-state index contributed by atoms with van der Waals surface area (Å²) in [6.45, 7) is 8.02. The molecule has 0 atom stereocenters. The van der Waals surface area contributed by atoms with Crippen molar-refractivity contribution < 1.29 is 15.8 Å². The van der Waals surface area contributed by atoms with Crippen molar-refractivity contribution in [2.24, 2.45) is 5.73 Å². The first-order valence-electron chi connectivity index (χ1n) is 10.6. The van der Waals surface area contributed by atoms with Crippen LogP contribution < -0.4 is 10.5 Å². The second-order valence-corrected chi connectivity index (χ2v) is 8.27. The number of ether oxygens (including phenoxy) is 1. The predicted octanol–water partition coefficient (Wildman–Crippen LogP) is 3.78. The fourth-order valence-corrected chi connectivity index (χ4v) is 3.33. The second-order valence-electron chi connectivity index (χ2n) is 8.27. The molecule has 2 aliphatic rings. The molecule has 0 spiro atoms. The molecular formula is C24H32N6O3. The Labute approximate surface area is 195 Å². The highest BCUT2D eigenvalue weighted by molar-refractivity contribution is 5.92. The summed E-state index contributed by atoms with van der Waals surface area (Å²) in [5, 5.41) is 10.6. The minimum atomic E-state index is 0. The number of hydrogen-bond acceptors (Lipinski definition) is 8. The number of aromatic nitrogens is 4. The number of methoxy groups -OCH3 is 1. The molecule has 2 fully saturated rings. The van der Waals surface area contributed by atoms with Gasteiger partial charge in [0.2, 0.25) is 0 Å². The number of nitrogens with zero attached hydrogens (tertiary/aromatic N) is 5. The number of fused-ring (bicyclic) bond motifs is 1. The summed E-state index contributed by atoms with van der Waals surface area (Å²) >= 11 is 0. The Morgan fingerprint density at radius 2 is 1.76 bits per heavy atom. The van der Waals surface area contributed by atoms with Crippen LogP contribution in [0, 0.1) is 18.3 Å². The summed E-state index contributed by atoms with van der Waals surface area (Å²) in [6, 6.07) is 4.54. The molecule has 176 valence electrons. The number of nitriles is 1. The molecule has 0 unspecified atom stereocenters. The van der Waals surface area contributed by atoms with Crippen molar-refractivity contribution in [1.29, 1.82) is 5.26 Å². The second kappa shape index (κ2) is 11.3. The van der Waals surface area contributed by atoms with Crippen LogP contribution in [-0.2, 0) is 9.59 Å². The maximum atomic E-state index is 9.79. The number of rotatable bonds is 3. The molecule has 3 heterocycles. The highest BCUT2D eigenvalue weighted by atomic mass is 16.5. The van der Waals surface area contributed by atoms with Gasteiger partial charge in [0.15, 0.2) is 5.82 Å². The van der Waals surface area contributed by atoms with E-state index in [0.717, 1.165) is 35.1 Å². The molecule has 0 aromatic carbocycles. The lowest BCUT2D eigenvalue weighted by molar-refractivity contribution is -0.0987. The van der Waals surface area contributed by atoms with E-state index in [1.165, 1.54) is 19.3 Å². The van der Waals surface area contributed by atoms with Crippen LogP contribution in [-0.4, -0.2) is 45.7 Å². The maximum Gasteiger partial charge on any atom is 0.177 e. The lowest BCUT2D eigenvalue weighted by Gasteiger charge is -2.29. The largest absolute Gasteiger partial charge is 0.495 e. The van der Waals surface area contributed by atoms with Crippen LogP contribution in [0.15, 0.2) is 24.7 Å². The molecular weight excluding hydrogens is 420 g/mol. The molecule has 2 N–H and O–H groups in total. The van der Waals surface area contributed by atoms with Gasteiger partial charge in [-0.1, -0.05) is 0 Å². The fourth-order valence-electron chi connectivity index (χ4n) is 3.33. The first-order chi connectivity index (χ1) is 15.9. The number of nitrogens with two attached hydrogens (primary N) is 1. The van der Waals surface area contributed by atoms with Gasteiger partial charge in [0.1, 0.15) is 36.7 Å². The van der Waals surface area contributed by atoms with Gasteiger partial charge in [0.25, 0.3) is 0 Å². The number of pyridine rings is 1. The Morgan fingerprint density at radius 1 is 1.18 bits per heavy atom. The highest BCUT2D eigenvalue weighted by Gasteiger charge is 2.31. The molecule has 0 bridgehead atoms. The van der Waals surface area contributed by atoms with Crippen molar-refractivity contribution in [3.8, 4) is 23.3 Å². The molecule has 5 rings (SSSR count). The Kier molecular flexibility index (Phi) is 8.77. The average Bonchev–Trinajstić information content (AvgIpc) is 3.42. The third-order valence-corrected chi connectivity index (χ3v) is 5.64. The molecule has 9 heteroatoms. The quantitative estimate of drug-likeness (QED) is 0.634. The minimum Gasteiger partial charge on any atom is -0.495 e. The molecule has 2 aliphatic carbocycles. The number of hydrogen-bond donors (Lipinski definition) is 1. The van der Waals surface area contributed by atoms with Gasteiger partial charge in [-0.25, -0.2) is 15.0 Å². The van der Waals surface area contributed by atoms with Gasteiger partial charge in [0, 0.05) is 30.8 Å². The van der Waals surface area contributed by atoms with E-state index in [1.54, 1.807) is 25.7 Å². The summed E-state index contributed by atoms with van der Waals surface area (Å²) in [6.07, 6.45) is 11.1. The Morgan fingerprint density at radius 3 is 2.18 bits per heavy atom. The van der Waals surface area contributed by atoms with E-state index in [9.17, 15) is 5.26 Å². The summed E-state index contributed by atoms with van der Waals surface area (Å²) in [5.41, 5.74) is 8.83. The molecule has 9 nitrogen and oxygen atoms in total. The molecule has 33 heavy (non-hydrogen) atoms. The van der Waals surface area contributed by atoms with Gasteiger partial charge >= 0.3 is 0 Å². The zero-order chi connectivity index (χ0) is 24.6. The number of carbonyl (C=O) groups excluding carboxylic acids is 2. The topological polar surface area (TPSA) is 137 Å². The lowest BCUT2D eigenvalue weighted by atomic mass is 9.92. The number of aryl methyl sites for hydroxylation is 1. The van der Waals surface area contributed by atoms with Gasteiger partial charge in [0.05, 0.1) is 18.9 Å². The van der Waals surface area contributed by atoms with Crippen LogP contribution in [0.2, 0.25) is 0 Å². The summed E-state index contributed by atoms with van der Waals surface area (Å²) < 4.78 is 7.42.